The molecule has 0 radical (unpaired) electrons. The summed E-state index contributed by atoms with van der Waals surface area (Å²) in [7, 11) is 0. The number of nitrogens with one attached hydrogen (secondary N) is 1. The first kappa shape index (κ1) is 13.0. The normalized spacial score (nSPS) is 16.1. The maximum absolute atomic E-state index is 4.42. The van der Waals surface area contributed by atoms with Crippen LogP contribution in [0.2, 0.25) is 0 Å². The molecule has 1 saturated heterocycles. The van der Waals surface area contributed by atoms with Crippen LogP contribution in [-0.4, -0.2) is 43.7 Å². The highest BCUT2D eigenvalue weighted by atomic mass is 15.3. The zero-order chi connectivity index (χ0) is 14.8. The molecule has 0 saturated carbocycles. The number of piperidine rings is 1. The van der Waals surface area contributed by atoms with Crippen LogP contribution in [0, 0.1) is 0 Å². The van der Waals surface area contributed by atoms with Crippen LogP contribution >= 0.6 is 0 Å². The summed E-state index contributed by atoms with van der Waals surface area (Å²) in [4.78, 5) is 11.1. The molecular weight excluding hydrogens is 278 g/mol. The fourth-order valence-electron chi connectivity index (χ4n) is 2.85. The second-order valence-electron chi connectivity index (χ2n) is 5.43. The number of aromatic nitrogens is 5. The molecule has 0 aromatic carbocycles. The van der Waals surface area contributed by atoms with Gasteiger partial charge in [0.2, 0.25) is 5.65 Å². The quantitative estimate of drug-likeness (QED) is 0.791. The van der Waals surface area contributed by atoms with Gasteiger partial charge in [-0.05, 0) is 25.0 Å². The molecule has 1 aliphatic rings. The van der Waals surface area contributed by atoms with E-state index in [0.717, 1.165) is 43.2 Å². The smallest absolute Gasteiger partial charge is 0.203 e. The van der Waals surface area contributed by atoms with Crippen molar-refractivity contribution in [2.24, 2.45) is 0 Å². The van der Waals surface area contributed by atoms with E-state index >= 15 is 0 Å². The molecule has 1 N–H and O–H groups in total. The predicted octanol–water partition coefficient (Wildman–Crippen LogP) is 1.60. The van der Waals surface area contributed by atoms with E-state index in [-0.39, 0.29) is 0 Å². The van der Waals surface area contributed by atoms with E-state index in [9.17, 15) is 0 Å². The Labute approximate surface area is 128 Å². The summed E-state index contributed by atoms with van der Waals surface area (Å²) in [5.41, 5.74) is 0.773. The monoisotopic (exact) mass is 295 g/mol. The van der Waals surface area contributed by atoms with Gasteiger partial charge in [0.1, 0.15) is 12.1 Å². The summed E-state index contributed by atoms with van der Waals surface area (Å²) in [5, 5.41) is 11.5. The van der Waals surface area contributed by atoms with Crippen molar-refractivity contribution in [3.05, 3.63) is 43.1 Å². The van der Waals surface area contributed by atoms with E-state index in [0.29, 0.717) is 6.04 Å². The van der Waals surface area contributed by atoms with E-state index < -0.39 is 0 Å². The lowest BCUT2D eigenvalue weighted by Crippen LogP contribution is -2.39. The lowest BCUT2D eigenvalue weighted by atomic mass is 10.1. The van der Waals surface area contributed by atoms with Crippen LogP contribution in [0.3, 0.4) is 0 Å². The average molecular weight is 295 g/mol. The number of nitrogens with zero attached hydrogens (tertiary/aromatic N) is 6. The Bertz CT molecular complexity index is 747. The maximum Gasteiger partial charge on any atom is 0.203 e. The number of rotatable bonds is 3. The van der Waals surface area contributed by atoms with Crippen molar-refractivity contribution in [2.45, 2.75) is 18.9 Å². The molecule has 1 fully saturated rings. The van der Waals surface area contributed by atoms with Crippen molar-refractivity contribution in [3.8, 4) is 0 Å². The Hall–Kier alpha value is -2.70. The van der Waals surface area contributed by atoms with Gasteiger partial charge < -0.3 is 10.2 Å². The lowest BCUT2D eigenvalue weighted by molar-refractivity contribution is 0.522. The summed E-state index contributed by atoms with van der Waals surface area (Å²) in [5.74, 6) is 1.86. The fraction of sp³-hybridized carbons (Fsp3) is 0.333. The van der Waals surface area contributed by atoms with Crippen molar-refractivity contribution in [1.29, 1.82) is 0 Å². The maximum atomic E-state index is 4.42. The minimum absolute atomic E-state index is 0.398. The van der Waals surface area contributed by atoms with Crippen LogP contribution in [-0.2, 0) is 0 Å². The Morgan fingerprint density at radius 2 is 2.00 bits per heavy atom. The van der Waals surface area contributed by atoms with Gasteiger partial charge in [-0.3, -0.25) is 4.40 Å². The standard InChI is InChI=1S/C15H17N7/c1-2-6-16-13(3-1)21-8-4-12(5-9-21)19-14-15-20-18-11-22(15)10-7-17-14/h1-3,6-7,10-12H,4-5,8-9H2,(H,17,19). The van der Waals surface area contributed by atoms with Gasteiger partial charge in [0, 0.05) is 37.7 Å². The van der Waals surface area contributed by atoms with Crippen LogP contribution in [0.1, 0.15) is 12.8 Å². The van der Waals surface area contributed by atoms with Gasteiger partial charge >= 0.3 is 0 Å². The SMILES string of the molecule is c1ccc(N2CCC(Nc3nccn4cnnc34)CC2)nc1. The Morgan fingerprint density at radius 1 is 1.09 bits per heavy atom. The van der Waals surface area contributed by atoms with Gasteiger partial charge in [-0.15, -0.1) is 10.2 Å². The van der Waals surface area contributed by atoms with Crippen LogP contribution < -0.4 is 10.2 Å². The fourth-order valence-corrected chi connectivity index (χ4v) is 2.85. The van der Waals surface area contributed by atoms with Gasteiger partial charge in [0.15, 0.2) is 5.82 Å². The van der Waals surface area contributed by atoms with Gasteiger partial charge in [0.25, 0.3) is 0 Å². The lowest BCUT2D eigenvalue weighted by Gasteiger charge is -2.33. The van der Waals surface area contributed by atoms with Gasteiger partial charge in [-0.1, -0.05) is 6.07 Å². The van der Waals surface area contributed by atoms with E-state index in [1.807, 2.05) is 28.9 Å². The second-order valence-corrected chi connectivity index (χ2v) is 5.43. The average Bonchev–Trinajstić information content (AvgIpc) is 3.06. The molecule has 0 aliphatic carbocycles. The van der Waals surface area contributed by atoms with E-state index in [1.54, 1.807) is 12.5 Å². The van der Waals surface area contributed by atoms with Crippen molar-refractivity contribution in [2.75, 3.05) is 23.3 Å². The van der Waals surface area contributed by atoms with Crippen LogP contribution in [0.15, 0.2) is 43.1 Å². The van der Waals surface area contributed by atoms with E-state index in [4.69, 9.17) is 0 Å². The van der Waals surface area contributed by atoms with Crippen molar-refractivity contribution < 1.29 is 0 Å². The molecule has 1 aliphatic heterocycles. The van der Waals surface area contributed by atoms with Gasteiger partial charge in [-0.2, -0.15) is 0 Å². The molecule has 4 rings (SSSR count). The topological polar surface area (TPSA) is 71.2 Å². The van der Waals surface area contributed by atoms with E-state index in [2.05, 4.69) is 36.4 Å². The molecule has 7 nitrogen and oxygen atoms in total. The molecule has 0 amide bonds. The molecular formula is C15H17N7. The largest absolute Gasteiger partial charge is 0.364 e. The third-order valence-electron chi connectivity index (χ3n) is 4.02. The molecule has 112 valence electrons. The minimum atomic E-state index is 0.398. The summed E-state index contributed by atoms with van der Waals surface area (Å²) < 4.78 is 1.87. The number of pyridine rings is 1. The number of fused-ring (bicyclic) bond motifs is 1. The Morgan fingerprint density at radius 3 is 2.82 bits per heavy atom. The molecule has 0 bridgehead atoms. The molecule has 0 atom stereocenters. The van der Waals surface area contributed by atoms with Crippen molar-refractivity contribution in [1.82, 2.24) is 24.6 Å². The highest BCUT2D eigenvalue weighted by Gasteiger charge is 2.21. The van der Waals surface area contributed by atoms with E-state index in [1.165, 1.54) is 0 Å². The summed E-state index contributed by atoms with van der Waals surface area (Å²) in [6.45, 7) is 1.98. The first-order chi connectivity index (χ1) is 10.9. The molecule has 3 aromatic heterocycles. The first-order valence-electron chi connectivity index (χ1n) is 7.47. The third-order valence-corrected chi connectivity index (χ3v) is 4.02. The molecule has 3 aromatic rings. The zero-order valence-corrected chi connectivity index (χ0v) is 12.1. The summed E-state index contributed by atoms with van der Waals surface area (Å²) in [6.07, 6.45) is 9.24. The molecule has 7 heteroatoms. The number of hydrogen-bond acceptors (Lipinski definition) is 6. The van der Waals surface area contributed by atoms with Crippen molar-refractivity contribution in [3.63, 3.8) is 0 Å². The van der Waals surface area contributed by atoms with Crippen LogP contribution in [0.4, 0.5) is 11.6 Å². The minimum Gasteiger partial charge on any atom is -0.364 e. The second kappa shape index (κ2) is 5.59. The van der Waals surface area contributed by atoms with Gasteiger partial charge in [0.05, 0.1) is 0 Å². The molecule has 22 heavy (non-hydrogen) atoms. The first-order valence-corrected chi connectivity index (χ1v) is 7.47. The molecule has 0 unspecified atom stereocenters. The van der Waals surface area contributed by atoms with Crippen LogP contribution in [0.5, 0.6) is 0 Å². The summed E-state index contributed by atoms with van der Waals surface area (Å²) in [6, 6.07) is 6.44. The number of anilines is 2. The third kappa shape index (κ3) is 2.45. The highest BCUT2D eigenvalue weighted by molar-refractivity contribution is 5.61. The molecule has 4 heterocycles. The van der Waals surface area contributed by atoms with Crippen molar-refractivity contribution >= 4 is 17.3 Å². The summed E-state index contributed by atoms with van der Waals surface area (Å²) >= 11 is 0. The molecule has 0 spiro atoms. The zero-order valence-electron chi connectivity index (χ0n) is 12.1. The Balaban J connectivity index is 1.43. The predicted molar refractivity (Wildman–Crippen MR) is 83.9 cm³/mol. The Kier molecular flexibility index (Phi) is 3.30. The van der Waals surface area contributed by atoms with Crippen LogP contribution in [0.25, 0.3) is 5.65 Å². The highest BCUT2D eigenvalue weighted by Crippen LogP contribution is 2.20. The number of hydrogen-bond donors (Lipinski definition) is 1. The van der Waals surface area contributed by atoms with Gasteiger partial charge in [-0.25, -0.2) is 9.97 Å².